The fraction of sp³-hybridized carbons (Fsp3) is 0.647. The van der Waals surface area contributed by atoms with Crippen LogP contribution in [0.3, 0.4) is 0 Å². The molecule has 21 heavy (non-hydrogen) atoms. The van der Waals surface area contributed by atoms with Crippen molar-refractivity contribution in [3.8, 4) is 5.75 Å². The maximum absolute atomic E-state index is 6.43. The number of benzene rings is 1. The van der Waals surface area contributed by atoms with Crippen molar-refractivity contribution in [3.63, 3.8) is 0 Å². The van der Waals surface area contributed by atoms with Gasteiger partial charge in [0, 0.05) is 18.6 Å². The van der Waals surface area contributed by atoms with Crippen LogP contribution in [0.5, 0.6) is 5.75 Å². The van der Waals surface area contributed by atoms with Crippen LogP contribution in [0.1, 0.15) is 24.0 Å². The number of hydrogen-bond donors (Lipinski definition) is 1. The maximum atomic E-state index is 6.43. The SMILES string of the molecule is COc1ccc(C)cc1CC(N)C1CN2CCCC2CO1. The van der Waals surface area contributed by atoms with Gasteiger partial charge in [0.1, 0.15) is 5.75 Å². The number of ether oxygens (including phenoxy) is 2. The van der Waals surface area contributed by atoms with Crippen molar-refractivity contribution < 1.29 is 9.47 Å². The zero-order valence-electron chi connectivity index (χ0n) is 13.0. The number of nitrogens with two attached hydrogens (primary N) is 1. The van der Waals surface area contributed by atoms with Gasteiger partial charge >= 0.3 is 0 Å². The van der Waals surface area contributed by atoms with Gasteiger partial charge in [-0.1, -0.05) is 17.7 Å². The van der Waals surface area contributed by atoms with Gasteiger partial charge in [-0.05, 0) is 44.4 Å². The van der Waals surface area contributed by atoms with E-state index in [1.54, 1.807) is 7.11 Å². The fourth-order valence-electron chi connectivity index (χ4n) is 3.55. The topological polar surface area (TPSA) is 47.7 Å². The lowest BCUT2D eigenvalue weighted by molar-refractivity contribution is -0.0589. The molecule has 3 rings (SSSR count). The maximum Gasteiger partial charge on any atom is 0.122 e. The molecule has 2 N–H and O–H groups in total. The summed E-state index contributed by atoms with van der Waals surface area (Å²) in [6.45, 7) is 5.11. The minimum atomic E-state index is 0.0160. The lowest BCUT2D eigenvalue weighted by Gasteiger charge is -2.37. The highest BCUT2D eigenvalue weighted by Gasteiger charge is 2.34. The van der Waals surface area contributed by atoms with Crippen molar-refractivity contribution >= 4 is 0 Å². The summed E-state index contributed by atoms with van der Waals surface area (Å²) >= 11 is 0. The Bertz CT molecular complexity index is 492. The highest BCUT2D eigenvalue weighted by molar-refractivity contribution is 5.37. The van der Waals surface area contributed by atoms with E-state index in [0.29, 0.717) is 6.04 Å². The van der Waals surface area contributed by atoms with Crippen molar-refractivity contribution in [2.75, 3.05) is 26.8 Å². The van der Waals surface area contributed by atoms with Gasteiger partial charge in [0.15, 0.2) is 0 Å². The van der Waals surface area contributed by atoms with Crippen molar-refractivity contribution in [1.29, 1.82) is 0 Å². The number of nitrogens with zero attached hydrogens (tertiary/aromatic N) is 1. The molecular weight excluding hydrogens is 264 g/mol. The fourth-order valence-corrected chi connectivity index (χ4v) is 3.55. The summed E-state index contributed by atoms with van der Waals surface area (Å²) in [4.78, 5) is 2.54. The van der Waals surface area contributed by atoms with Crippen LogP contribution in [0, 0.1) is 6.92 Å². The second-order valence-corrected chi connectivity index (χ2v) is 6.35. The van der Waals surface area contributed by atoms with Gasteiger partial charge < -0.3 is 15.2 Å². The second-order valence-electron chi connectivity index (χ2n) is 6.35. The Morgan fingerprint density at radius 2 is 2.33 bits per heavy atom. The number of rotatable bonds is 4. The van der Waals surface area contributed by atoms with E-state index in [-0.39, 0.29) is 12.1 Å². The number of hydrogen-bond acceptors (Lipinski definition) is 4. The Balaban J connectivity index is 1.66. The van der Waals surface area contributed by atoms with E-state index >= 15 is 0 Å². The lowest BCUT2D eigenvalue weighted by atomic mass is 9.98. The van der Waals surface area contributed by atoms with Crippen LogP contribution in [0.25, 0.3) is 0 Å². The van der Waals surface area contributed by atoms with E-state index in [4.69, 9.17) is 15.2 Å². The average molecular weight is 290 g/mol. The quantitative estimate of drug-likeness (QED) is 0.917. The number of morpholine rings is 1. The minimum Gasteiger partial charge on any atom is -0.496 e. The van der Waals surface area contributed by atoms with Crippen LogP contribution < -0.4 is 10.5 Å². The molecule has 1 aromatic carbocycles. The molecule has 116 valence electrons. The van der Waals surface area contributed by atoms with E-state index in [0.717, 1.165) is 25.3 Å². The molecule has 2 aliphatic rings. The zero-order chi connectivity index (χ0) is 14.8. The monoisotopic (exact) mass is 290 g/mol. The lowest BCUT2D eigenvalue weighted by Crippen LogP contribution is -2.53. The van der Waals surface area contributed by atoms with Gasteiger partial charge in [-0.2, -0.15) is 0 Å². The summed E-state index contributed by atoms with van der Waals surface area (Å²) in [5.41, 5.74) is 8.85. The largest absolute Gasteiger partial charge is 0.496 e. The highest BCUT2D eigenvalue weighted by Crippen LogP contribution is 2.26. The molecule has 4 heteroatoms. The van der Waals surface area contributed by atoms with Gasteiger partial charge in [0.2, 0.25) is 0 Å². The Kier molecular flexibility index (Phi) is 4.48. The summed E-state index contributed by atoms with van der Waals surface area (Å²) < 4.78 is 11.5. The van der Waals surface area contributed by atoms with Crippen LogP contribution >= 0.6 is 0 Å². The first-order valence-corrected chi connectivity index (χ1v) is 7.92. The van der Waals surface area contributed by atoms with Crippen molar-refractivity contribution in [2.24, 2.45) is 5.73 Å². The molecule has 2 fully saturated rings. The van der Waals surface area contributed by atoms with Gasteiger partial charge in [-0.3, -0.25) is 4.90 Å². The van der Waals surface area contributed by atoms with Crippen LogP contribution in [0.4, 0.5) is 0 Å². The number of fused-ring (bicyclic) bond motifs is 1. The Morgan fingerprint density at radius 3 is 3.14 bits per heavy atom. The van der Waals surface area contributed by atoms with Gasteiger partial charge in [0.05, 0.1) is 19.8 Å². The van der Waals surface area contributed by atoms with Crippen LogP contribution in [0.2, 0.25) is 0 Å². The van der Waals surface area contributed by atoms with E-state index in [1.807, 2.05) is 6.07 Å². The molecule has 2 heterocycles. The molecule has 0 spiro atoms. The predicted octanol–water partition coefficient (Wildman–Crippen LogP) is 1.74. The van der Waals surface area contributed by atoms with Gasteiger partial charge in [-0.25, -0.2) is 0 Å². The molecule has 1 aromatic rings. The molecule has 0 radical (unpaired) electrons. The second kappa shape index (κ2) is 6.34. The first kappa shape index (κ1) is 14.8. The standard InChI is InChI=1S/C17H26N2O2/c1-12-5-6-16(20-2)13(8-12)9-15(18)17-10-19-7-3-4-14(19)11-21-17/h5-6,8,14-15,17H,3-4,7,9-11,18H2,1-2H3. The predicted molar refractivity (Wildman–Crippen MR) is 83.7 cm³/mol. The normalized spacial score (nSPS) is 27.4. The first-order valence-electron chi connectivity index (χ1n) is 7.92. The van der Waals surface area contributed by atoms with Crippen molar-refractivity contribution in [2.45, 2.75) is 44.4 Å². The van der Waals surface area contributed by atoms with E-state index < -0.39 is 0 Å². The third-order valence-corrected chi connectivity index (χ3v) is 4.79. The van der Waals surface area contributed by atoms with Crippen LogP contribution in [-0.4, -0.2) is 49.9 Å². The van der Waals surface area contributed by atoms with Gasteiger partial charge in [0.25, 0.3) is 0 Å². The molecule has 0 aromatic heterocycles. The molecular formula is C17H26N2O2. The molecule has 3 unspecified atom stereocenters. The smallest absolute Gasteiger partial charge is 0.122 e. The Morgan fingerprint density at radius 1 is 1.48 bits per heavy atom. The summed E-state index contributed by atoms with van der Waals surface area (Å²) in [6, 6.07) is 6.90. The first-order chi connectivity index (χ1) is 10.2. The molecule has 0 saturated carbocycles. The molecule has 2 saturated heterocycles. The summed E-state index contributed by atoms with van der Waals surface area (Å²) in [5, 5.41) is 0. The summed E-state index contributed by atoms with van der Waals surface area (Å²) in [5.74, 6) is 0.922. The Hall–Kier alpha value is -1.10. The van der Waals surface area contributed by atoms with E-state index in [9.17, 15) is 0 Å². The van der Waals surface area contributed by atoms with E-state index in [2.05, 4.69) is 24.0 Å². The molecule has 0 amide bonds. The highest BCUT2D eigenvalue weighted by atomic mass is 16.5. The van der Waals surface area contributed by atoms with Crippen molar-refractivity contribution in [1.82, 2.24) is 4.90 Å². The molecule has 4 nitrogen and oxygen atoms in total. The van der Waals surface area contributed by atoms with Crippen molar-refractivity contribution in [3.05, 3.63) is 29.3 Å². The van der Waals surface area contributed by atoms with Crippen LogP contribution in [-0.2, 0) is 11.2 Å². The number of aryl methyl sites for hydroxylation is 1. The third kappa shape index (κ3) is 3.23. The Labute approximate surface area is 127 Å². The van der Waals surface area contributed by atoms with Crippen LogP contribution in [0.15, 0.2) is 18.2 Å². The van der Waals surface area contributed by atoms with E-state index in [1.165, 1.54) is 30.5 Å². The zero-order valence-corrected chi connectivity index (χ0v) is 13.0. The molecule has 0 bridgehead atoms. The summed E-state index contributed by atoms with van der Waals surface area (Å²) in [6.07, 6.45) is 3.49. The van der Waals surface area contributed by atoms with Gasteiger partial charge in [-0.15, -0.1) is 0 Å². The minimum absolute atomic E-state index is 0.0160. The summed E-state index contributed by atoms with van der Waals surface area (Å²) in [7, 11) is 1.71. The third-order valence-electron chi connectivity index (χ3n) is 4.79. The number of methoxy groups -OCH3 is 1. The molecule has 0 aliphatic carbocycles. The average Bonchev–Trinajstić information content (AvgIpc) is 2.94. The molecule has 2 aliphatic heterocycles. The molecule has 3 atom stereocenters.